The maximum Gasteiger partial charge on any atom is 0.262 e. The van der Waals surface area contributed by atoms with E-state index in [1.165, 1.54) is 29.5 Å². The number of halogens is 3. The Bertz CT molecular complexity index is 1470. The quantitative estimate of drug-likeness (QED) is 0.210. The number of anilines is 1. The number of aliphatic hydroxyl groups is 1. The molecule has 0 unspecified atom stereocenters. The smallest absolute Gasteiger partial charge is 0.262 e. The van der Waals surface area contributed by atoms with Crippen LogP contribution >= 0.6 is 23.2 Å². The lowest BCUT2D eigenvalue weighted by Crippen LogP contribution is -2.31. The van der Waals surface area contributed by atoms with E-state index < -0.39 is 17.0 Å². The number of allylic oxidation sites excluding steroid dienone is 3. The van der Waals surface area contributed by atoms with E-state index in [0.717, 1.165) is 12.3 Å². The van der Waals surface area contributed by atoms with Crippen molar-refractivity contribution in [2.75, 3.05) is 4.90 Å². The van der Waals surface area contributed by atoms with Gasteiger partial charge in [0.15, 0.2) is 0 Å². The molecule has 200 valence electrons. The number of amides is 1. The van der Waals surface area contributed by atoms with Gasteiger partial charge < -0.3 is 9.84 Å². The van der Waals surface area contributed by atoms with Crippen molar-refractivity contribution in [3.63, 3.8) is 0 Å². The number of rotatable bonds is 9. The van der Waals surface area contributed by atoms with Crippen LogP contribution in [0.1, 0.15) is 44.5 Å². The lowest BCUT2D eigenvalue weighted by atomic mass is 10.0. The Morgan fingerprint density at radius 3 is 2.58 bits per heavy atom. The van der Waals surface area contributed by atoms with Gasteiger partial charge in [0, 0.05) is 35.8 Å². The molecular formula is C27H27Cl2FN4O4. The van der Waals surface area contributed by atoms with Crippen LogP contribution in [0.3, 0.4) is 0 Å². The minimum atomic E-state index is -1.35. The number of carbonyl (C=O) groups is 1. The fourth-order valence-corrected chi connectivity index (χ4v) is 3.88. The lowest BCUT2D eigenvalue weighted by molar-refractivity contribution is -0.107. The van der Waals surface area contributed by atoms with E-state index in [4.69, 9.17) is 27.9 Å². The Morgan fingerprint density at radius 1 is 1.26 bits per heavy atom. The molecule has 0 atom stereocenters. The molecule has 0 spiro atoms. The minimum absolute atomic E-state index is 0.0811. The molecule has 3 aromatic rings. The van der Waals surface area contributed by atoms with E-state index in [9.17, 15) is 19.1 Å². The summed E-state index contributed by atoms with van der Waals surface area (Å²) in [6.07, 6.45) is 6.29. The number of nitrogens with zero attached hydrogens (tertiary/aromatic N) is 4. The molecule has 38 heavy (non-hydrogen) atoms. The second kappa shape index (κ2) is 11.9. The second-order valence-electron chi connectivity index (χ2n) is 9.01. The number of aromatic nitrogens is 3. The van der Waals surface area contributed by atoms with Gasteiger partial charge >= 0.3 is 0 Å². The summed E-state index contributed by atoms with van der Waals surface area (Å²) in [4.78, 5) is 34.9. The molecule has 3 aromatic heterocycles. The SMILES string of the molecule is C/C(=C/C(OCc1ncc(F)cc1Cl)=C(\C)Cl)N(C=O)c1cc(-n2cccc(C(C)(C)O)c2=O)ncc1C. The Hall–Kier alpha value is -3.53. The van der Waals surface area contributed by atoms with E-state index in [1.54, 1.807) is 51.2 Å². The van der Waals surface area contributed by atoms with Crippen molar-refractivity contribution in [3.8, 4) is 5.82 Å². The van der Waals surface area contributed by atoms with E-state index in [2.05, 4.69) is 9.97 Å². The van der Waals surface area contributed by atoms with Gasteiger partial charge in [-0.15, -0.1) is 0 Å². The molecule has 3 rings (SSSR count). The number of aryl methyl sites for hydroxylation is 1. The van der Waals surface area contributed by atoms with Crippen LogP contribution in [0.25, 0.3) is 5.82 Å². The molecule has 0 aliphatic heterocycles. The van der Waals surface area contributed by atoms with Gasteiger partial charge in [-0.05, 0) is 58.4 Å². The summed E-state index contributed by atoms with van der Waals surface area (Å²) >= 11 is 12.3. The predicted octanol–water partition coefficient (Wildman–Crippen LogP) is 5.51. The third kappa shape index (κ3) is 6.66. The Morgan fingerprint density at radius 2 is 1.97 bits per heavy atom. The number of hydrogen-bond acceptors (Lipinski definition) is 6. The van der Waals surface area contributed by atoms with Crippen LogP contribution in [0.2, 0.25) is 5.02 Å². The van der Waals surface area contributed by atoms with E-state index in [1.807, 2.05) is 0 Å². The summed E-state index contributed by atoms with van der Waals surface area (Å²) < 4.78 is 20.4. The van der Waals surface area contributed by atoms with Gasteiger partial charge in [-0.25, -0.2) is 9.37 Å². The third-order valence-electron chi connectivity index (χ3n) is 5.59. The highest BCUT2D eigenvalue weighted by Crippen LogP contribution is 2.26. The predicted molar refractivity (Wildman–Crippen MR) is 145 cm³/mol. The molecule has 0 aliphatic rings. The van der Waals surface area contributed by atoms with Crippen molar-refractivity contribution >= 4 is 35.3 Å². The first-order chi connectivity index (χ1) is 17.8. The van der Waals surface area contributed by atoms with Gasteiger partial charge in [0.05, 0.1) is 33.2 Å². The van der Waals surface area contributed by atoms with Crippen LogP contribution in [0.15, 0.2) is 70.2 Å². The van der Waals surface area contributed by atoms with E-state index >= 15 is 0 Å². The molecule has 0 bridgehead atoms. The maximum atomic E-state index is 13.3. The zero-order valence-electron chi connectivity index (χ0n) is 21.5. The summed E-state index contributed by atoms with van der Waals surface area (Å²) in [5.74, 6) is -0.0558. The highest BCUT2D eigenvalue weighted by atomic mass is 35.5. The fraction of sp³-hybridized carbons (Fsp3) is 0.259. The molecule has 8 nitrogen and oxygen atoms in total. The van der Waals surface area contributed by atoms with Gasteiger partial charge in [0.1, 0.15) is 24.0 Å². The van der Waals surface area contributed by atoms with Crippen LogP contribution < -0.4 is 10.5 Å². The van der Waals surface area contributed by atoms with Crippen molar-refractivity contribution < 1.29 is 19.0 Å². The van der Waals surface area contributed by atoms with Gasteiger partial charge in [-0.1, -0.05) is 23.2 Å². The zero-order valence-corrected chi connectivity index (χ0v) is 23.0. The van der Waals surface area contributed by atoms with Gasteiger partial charge in [0.25, 0.3) is 5.56 Å². The van der Waals surface area contributed by atoms with Crippen molar-refractivity contribution in [1.29, 1.82) is 0 Å². The molecule has 0 fully saturated rings. The minimum Gasteiger partial charge on any atom is -0.486 e. The molecule has 0 aromatic carbocycles. The fourth-order valence-electron chi connectivity index (χ4n) is 3.56. The topological polar surface area (TPSA) is 97.5 Å². The Balaban J connectivity index is 1.97. The first-order valence-electron chi connectivity index (χ1n) is 11.5. The van der Waals surface area contributed by atoms with E-state index in [0.29, 0.717) is 34.1 Å². The average molecular weight is 561 g/mol. The largest absolute Gasteiger partial charge is 0.486 e. The molecule has 1 N–H and O–H groups in total. The summed E-state index contributed by atoms with van der Waals surface area (Å²) in [7, 11) is 0. The van der Waals surface area contributed by atoms with Crippen molar-refractivity contribution in [2.45, 2.75) is 46.8 Å². The van der Waals surface area contributed by atoms with Crippen molar-refractivity contribution in [2.24, 2.45) is 0 Å². The summed E-state index contributed by atoms with van der Waals surface area (Å²) in [5.41, 5.74) is 0.313. The number of carbonyl (C=O) groups excluding carboxylic acids is 1. The first kappa shape index (κ1) is 29.0. The van der Waals surface area contributed by atoms with Crippen LogP contribution in [-0.2, 0) is 21.7 Å². The molecular weight excluding hydrogens is 534 g/mol. The average Bonchev–Trinajstić information content (AvgIpc) is 2.83. The summed E-state index contributed by atoms with van der Waals surface area (Å²) in [6, 6.07) is 5.91. The number of ether oxygens (including phenoxy) is 1. The maximum absolute atomic E-state index is 13.3. The van der Waals surface area contributed by atoms with Crippen molar-refractivity contribution in [3.05, 3.63) is 103 Å². The second-order valence-corrected chi connectivity index (χ2v) is 9.99. The number of pyridine rings is 3. The molecule has 11 heteroatoms. The third-order valence-corrected chi connectivity index (χ3v) is 6.10. The first-order valence-corrected chi connectivity index (χ1v) is 12.2. The molecule has 3 heterocycles. The van der Waals surface area contributed by atoms with Crippen LogP contribution in [-0.4, -0.2) is 26.1 Å². The summed E-state index contributed by atoms with van der Waals surface area (Å²) in [6.45, 7) is 8.04. The Labute approximate surface area is 229 Å². The molecule has 1 amide bonds. The van der Waals surface area contributed by atoms with Crippen LogP contribution in [0, 0.1) is 12.7 Å². The van der Waals surface area contributed by atoms with Gasteiger partial charge in [0.2, 0.25) is 6.41 Å². The standard InChI is InChI=1S/C27H27Cl2FN4O4/c1-16-12-32-25(33-8-6-7-20(26(33)36)27(4,5)37)11-23(16)34(15-35)17(2)9-24(18(3)28)38-14-22-21(29)10-19(30)13-31-22/h6-13,15,37H,14H2,1-5H3/b17-9-,24-18-. The highest BCUT2D eigenvalue weighted by molar-refractivity contribution is 6.31. The normalized spacial score (nSPS) is 12.7. The van der Waals surface area contributed by atoms with Crippen molar-refractivity contribution in [1.82, 2.24) is 14.5 Å². The Kier molecular flexibility index (Phi) is 9.09. The molecule has 0 saturated carbocycles. The molecule has 0 saturated heterocycles. The molecule has 0 radical (unpaired) electrons. The van der Waals surface area contributed by atoms with Gasteiger partial charge in [-0.3, -0.25) is 24.0 Å². The van der Waals surface area contributed by atoms with Crippen LogP contribution in [0.4, 0.5) is 10.1 Å². The van der Waals surface area contributed by atoms with E-state index in [-0.39, 0.29) is 28.8 Å². The van der Waals surface area contributed by atoms with Crippen LogP contribution in [0.5, 0.6) is 0 Å². The number of hydrogen-bond donors (Lipinski definition) is 1. The van der Waals surface area contributed by atoms with Gasteiger partial charge in [-0.2, -0.15) is 0 Å². The zero-order chi connectivity index (χ0) is 28.2. The highest BCUT2D eigenvalue weighted by Gasteiger charge is 2.22. The molecule has 0 aliphatic carbocycles. The lowest BCUT2D eigenvalue weighted by Gasteiger charge is -2.22. The summed E-state index contributed by atoms with van der Waals surface area (Å²) in [5, 5.41) is 10.8. The monoisotopic (exact) mass is 560 g/mol.